The highest BCUT2D eigenvalue weighted by molar-refractivity contribution is 5.69. The number of aliphatic hydroxyl groups is 2. The zero-order chi connectivity index (χ0) is 19.5. The number of carbonyl (C=O) groups excluding carboxylic acids is 1. The first-order chi connectivity index (χ1) is 12.6. The van der Waals surface area contributed by atoms with Crippen molar-refractivity contribution >= 4 is 5.97 Å². The van der Waals surface area contributed by atoms with E-state index in [0.717, 1.165) is 18.8 Å². The van der Waals surface area contributed by atoms with Crippen molar-refractivity contribution in [3.8, 4) is 0 Å². The van der Waals surface area contributed by atoms with Crippen LogP contribution in [0, 0.1) is 5.92 Å². The molecule has 156 valence electrons. The van der Waals surface area contributed by atoms with Crippen LogP contribution in [0.2, 0.25) is 0 Å². The summed E-state index contributed by atoms with van der Waals surface area (Å²) in [6, 6.07) is 0. The molecule has 0 amide bonds. The Labute approximate surface area is 161 Å². The van der Waals surface area contributed by atoms with E-state index in [-0.39, 0.29) is 19.2 Å². The molecule has 0 heterocycles. The predicted octanol–water partition coefficient (Wildman–Crippen LogP) is 5.39. The quantitative estimate of drug-likeness (QED) is 0.236. The molecule has 0 aliphatic carbocycles. The number of ether oxygens (including phenoxy) is 1. The van der Waals surface area contributed by atoms with Gasteiger partial charge < -0.3 is 14.9 Å². The Kier molecular flexibility index (Phi) is 18.7. The molecule has 0 radical (unpaired) electrons. The predicted molar refractivity (Wildman–Crippen MR) is 108 cm³/mol. The summed E-state index contributed by atoms with van der Waals surface area (Å²) >= 11 is 0. The molecule has 0 aliphatic heterocycles. The number of unbranched alkanes of at least 4 members (excludes halogenated alkanes) is 11. The Morgan fingerprint density at radius 3 is 1.77 bits per heavy atom. The van der Waals surface area contributed by atoms with Gasteiger partial charge in [-0.3, -0.25) is 4.79 Å². The highest BCUT2D eigenvalue weighted by atomic mass is 16.5. The molecule has 0 aromatic heterocycles. The lowest BCUT2D eigenvalue weighted by Gasteiger charge is -2.08. The summed E-state index contributed by atoms with van der Waals surface area (Å²) in [5.41, 5.74) is 0. The number of carbonyl (C=O) groups is 1. The Hall–Kier alpha value is -0.610. The zero-order valence-corrected chi connectivity index (χ0v) is 17.4. The molecule has 4 nitrogen and oxygen atoms in total. The van der Waals surface area contributed by atoms with Crippen LogP contribution in [-0.4, -0.2) is 35.5 Å². The molecule has 0 saturated heterocycles. The summed E-state index contributed by atoms with van der Waals surface area (Å²) in [5.74, 6) is 0.626. The van der Waals surface area contributed by atoms with Crippen molar-refractivity contribution in [3.63, 3.8) is 0 Å². The molecular formula is C22H44O4. The molecule has 2 atom stereocenters. The third-order valence-corrected chi connectivity index (χ3v) is 5.17. The molecule has 0 saturated carbocycles. The van der Waals surface area contributed by atoms with Gasteiger partial charge in [-0.25, -0.2) is 0 Å². The first-order valence-electron chi connectivity index (χ1n) is 11.0. The van der Waals surface area contributed by atoms with Crippen LogP contribution in [0.25, 0.3) is 0 Å². The molecule has 0 bridgehead atoms. The van der Waals surface area contributed by atoms with Crippen molar-refractivity contribution < 1.29 is 19.7 Å². The minimum atomic E-state index is -0.955. The van der Waals surface area contributed by atoms with Gasteiger partial charge in [-0.2, -0.15) is 0 Å². The summed E-state index contributed by atoms with van der Waals surface area (Å²) in [6.07, 6.45) is 17.5. The molecule has 0 rings (SSSR count). The van der Waals surface area contributed by atoms with Gasteiger partial charge >= 0.3 is 5.97 Å². The van der Waals surface area contributed by atoms with Crippen molar-refractivity contribution in [2.75, 3.05) is 13.2 Å². The monoisotopic (exact) mass is 372 g/mol. The average Bonchev–Trinajstić information content (AvgIpc) is 2.65. The molecule has 2 N–H and O–H groups in total. The Morgan fingerprint density at radius 2 is 1.31 bits per heavy atom. The molecule has 0 spiro atoms. The maximum atomic E-state index is 11.4. The highest BCUT2D eigenvalue weighted by Gasteiger charge is 2.07. The van der Waals surface area contributed by atoms with Gasteiger partial charge in [0.05, 0.1) is 6.61 Å². The molecular weight excluding hydrogens is 328 g/mol. The van der Waals surface area contributed by atoms with E-state index >= 15 is 0 Å². The Morgan fingerprint density at radius 1 is 0.846 bits per heavy atom. The number of rotatable bonds is 19. The van der Waals surface area contributed by atoms with Gasteiger partial charge in [0, 0.05) is 6.42 Å². The van der Waals surface area contributed by atoms with E-state index in [9.17, 15) is 4.79 Å². The summed E-state index contributed by atoms with van der Waals surface area (Å²) < 4.78 is 4.87. The van der Waals surface area contributed by atoms with Crippen LogP contribution in [0.1, 0.15) is 110 Å². The van der Waals surface area contributed by atoms with Crippen molar-refractivity contribution in [1.82, 2.24) is 0 Å². The minimum absolute atomic E-state index is 0.104. The molecule has 0 aromatic carbocycles. The van der Waals surface area contributed by atoms with Crippen LogP contribution < -0.4 is 0 Å². The van der Waals surface area contributed by atoms with E-state index in [0.29, 0.717) is 6.42 Å². The van der Waals surface area contributed by atoms with E-state index in [4.69, 9.17) is 14.9 Å². The van der Waals surface area contributed by atoms with Gasteiger partial charge in [0.2, 0.25) is 0 Å². The van der Waals surface area contributed by atoms with E-state index < -0.39 is 6.10 Å². The van der Waals surface area contributed by atoms with E-state index in [1.165, 1.54) is 77.0 Å². The van der Waals surface area contributed by atoms with Crippen LogP contribution in [0.3, 0.4) is 0 Å². The van der Waals surface area contributed by atoms with Gasteiger partial charge in [-0.15, -0.1) is 0 Å². The molecule has 0 unspecified atom stereocenters. The molecule has 0 aromatic rings. The SMILES string of the molecule is CC[C@H](C)CCCCCCCCCCCCCCC(=O)OC[C@@H](O)CO. The number of aliphatic hydroxyl groups excluding tert-OH is 2. The second-order valence-electron chi connectivity index (χ2n) is 7.81. The maximum Gasteiger partial charge on any atom is 0.305 e. The summed E-state index contributed by atoms with van der Waals surface area (Å²) in [6.45, 7) is 4.17. The van der Waals surface area contributed by atoms with Gasteiger partial charge in [-0.05, 0) is 12.3 Å². The second kappa shape index (κ2) is 19.2. The van der Waals surface area contributed by atoms with Gasteiger partial charge in [0.25, 0.3) is 0 Å². The summed E-state index contributed by atoms with van der Waals surface area (Å²) in [4.78, 5) is 11.4. The third-order valence-electron chi connectivity index (χ3n) is 5.17. The summed E-state index contributed by atoms with van der Waals surface area (Å²) in [5, 5.41) is 17.7. The third kappa shape index (κ3) is 18.2. The minimum Gasteiger partial charge on any atom is -0.463 e. The maximum absolute atomic E-state index is 11.4. The van der Waals surface area contributed by atoms with Crippen molar-refractivity contribution in [1.29, 1.82) is 0 Å². The van der Waals surface area contributed by atoms with Gasteiger partial charge in [0.15, 0.2) is 0 Å². The Bertz CT molecular complexity index is 307. The van der Waals surface area contributed by atoms with E-state index in [1.54, 1.807) is 0 Å². The Balaban J connectivity index is 3.16. The lowest BCUT2D eigenvalue weighted by molar-refractivity contribution is -0.147. The van der Waals surface area contributed by atoms with Crippen molar-refractivity contribution in [2.24, 2.45) is 5.92 Å². The van der Waals surface area contributed by atoms with E-state index in [2.05, 4.69) is 13.8 Å². The van der Waals surface area contributed by atoms with Crippen LogP contribution in [0.4, 0.5) is 0 Å². The van der Waals surface area contributed by atoms with Crippen LogP contribution >= 0.6 is 0 Å². The topological polar surface area (TPSA) is 66.8 Å². The normalized spacial score (nSPS) is 13.5. The smallest absolute Gasteiger partial charge is 0.305 e. The largest absolute Gasteiger partial charge is 0.463 e. The number of hydrogen-bond donors (Lipinski definition) is 2. The first-order valence-corrected chi connectivity index (χ1v) is 11.0. The highest BCUT2D eigenvalue weighted by Crippen LogP contribution is 2.15. The molecule has 26 heavy (non-hydrogen) atoms. The first kappa shape index (κ1) is 25.4. The second-order valence-corrected chi connectivity index (χ2v) is 7.81. The summed E-state index contributed by atoms with van der Waals surface area (Å²) in [7, 11) is 0. The molecule has 4 heteroatoms. The fourth-order valence-electron chi connectivity index (χ4n) is 3.05. The lowest BCUT2D eigenvalue weighted by atomic mass is 9.99. The lowest BCUT2D eigenvalue weighted by Crippen LogP contribution is -2.21. The number of hydrogen-bond acceptors (Lipinski definition) is 4. The number of esters is 1. The van der Waals surface area contributed by atoms with E-state index in [1.807, 2.05) is 0 Å². The van der Waals surface area contributed by atoms with Gasteiger partial charge in [0.1, 0.15) is 12.7 Å². The standard InChI is InChI=1S/C22H44O4/c1-3-20(2)16-14-12-10-8-6-4-5-7-9-11-13-15-17-22(25)26-19-21(24)18-23/h20-21,23-24H,3-19H2,1-2H3/t20-,21-/m0/s1. The van der Waals surface area contributed by atoms with Crippen LogP contribution in [-0.2, 0) is 9.53 Å². The zero-order valence-electron chi connectivity index (χ0n) is 17.4. The molecule has 0 fully saturated rings. The van der Waals surface area contributed by atoms with Crippen molar-refractivity contribution in [2.45, 2.75) is 116 Å². The fraction of sp³-hybridized carbons (Fsp3) is 0.955. The fourth-order valence-corrected chi connectivity index (χ4v) is 3.05. The van der Waals surface area contributed by atoms with Gasteiger partial charge in [-0.1, -0.05) is 97.3 Å². The average molecular weight is 373 g/mol. The van der Waals surface area contributed by atoms with Crippen molar-refractivity contribution in [3.05, 3.63) is 0 Å². The molecule has 0 aliphatic rings. The van der Waals surface area contributed by atoms with Crippen LogP contribution in [0.15, 0.2) is 0 Å². The van der Waals surface area contributed by atoms with Crippen LogP contribution in [0.5, 0.6) is 0 Å².